The minimum Gasteiger partial charge on any atom is -0.355 e. The van der Waals surface area contributed by atoms with Gasteiger partial charge >= 0.3 is 0 Å². The molecule has 1 aliphatic carbocycles. The number of aromatic nitrogens is 1. The van der Waals surface area contributed by atoms with Crippen LogP contribution in [0.2, 0.25) is 0 Å². The van der Waals surface area contributed by atoms with Crippen molar-refractivity contribution < 1.29 is 9.59 Å². The molecule has 1 aliphatic rings. The van der Waals surface area contributed by atoms with Gasteiger partial charge in [-0.15, -0.1) is 0 Å². The number of nitrogens with zero attached hydrogens (tertiary/aromatic N) is 1. The maximum Gasteiger partial charge on any atom is 0.263 e. The highest BCUT2D eigenvalue weighted by Gasteiger charge is 2.34. The summed E-state index contributed by atoms with van der Waals surface area (Å²) in [6.45, 7) is 4.34. The molecule has 1 aromatic carbocycles. The molecule has 0 spiro atoms. The van der Waals surface area contributed by atoms with Gasteiger partial charge in [0.05, 0.1) is 12.1 Å². The van der Waals surface area contributed by atoms with Gasteiger partial charge in [-0.2, -0.15) is 0 Å². The molecule has 0 bridgehead atoms. The topological polar surface area (TPSA) is 80.2 Å². The fraction of sp³-hybridized carbons (Fsp3) is 0.350. The lowest BCUT2D eigenvalue weighted by molar-refractivity contribution is 0.0948. The van der Waals surface area contributed by atoms with Gasteiger partial charge in [0, 0.05) is 19.3 Å². The predicted molar refractivity (Wildman–Crippen MR) is 99.4 cm³/mol. The Morgan fingerprint density at radius 3 is 2.58 bits per heavy atom. The van der Waals surface area contributed by atoms with Gasteiger partial charge < -0.3 is 15.2 Å². The lowest BCUT2D eigenvalue weighted by atomic mass is 10.1. The molecule has 0 radical (unpaired) electrons. The highest BCUT2D eigenvalue weighted by molar-refractivity contribution is 5.99. The summed E-state index contributed by atoms with van der Waals surface area (Å²) in [6.07, 6.45) is 2.48. The summed E-state index contributed by atoms with van der Waals surface area (Å²) >= 11 is 0. The zero-order chi connectivity index (χ0) is 18.8. The van der Waals surface area contributed by atoms with E-state index in [0.29, 0.717) is 18.0 Å². The summed E-state index contributed by atoms with van der Waals surface area (Å²) in [7, 11) is 1.46. The molecule has 136 valence electrons. The summed E-state index contributed by atoms with van der Waals surface area (Å²) in [5.41, 5.74) is 1.89. The van der Waals surface area contributed by atoms with Crippen LogP contribution in [-0.2, 0) is 6.54 Å². The van der Waals surface area contributed by atoms with E-state index >= 15 is 0 Å². The zero-order valence-electron chi connectivity index (χ0n) is 15.2. The number of carbonyl (C=O) groups excluding carboxylic acids is 2. The molecule has 1 fully saturated rings. The highest BCUT2D eigenvalue weighted by Crippen LogP contribution is 2.29. The van der Waals surface area contributed by atoms with E-state index in [0.717, 1.165) is 17.5 Å². The molecule has 1 heterocycles. The van der Waals surface area contributed by atoms with E-state index in [1.165, 1.54) is 23.9 Å². The monoisotopic (exact) mass is 353 g/mol. The smallest absolute Gasteiger partial charge is 0.263 e. The zero-order valence-corrected chi connectivity index (χ0v) is 15.2. The normalized spacial score (nSPS) is 18.3. The maximum atomic E-state index is 12.7. The Morgan fingerprint density at radius 2 is 1.96 bits per heavy atom. The van der Waals surface area contributed by atoms with Crippen molar-refractivity contribution in [1.82, 2.24) is 15.2 Å². The average Bonchev–Trinajstić information content (AvgIpc) is 3.30. The lowest BCUT2D eigenvalue weighted by Gasteiger charge is -2.12. The van der Waals surface area contributed by atoms with Gasteiger partial charge in [0.25, 0.3) is 17.4 Å². The van der Waals surface area contributed by atoms with E-state index in [9.17, 15) is 14.4 Å². The van der Waals surface area contributed by atoms with Crippen molar-refractivity contribution in [3.05, 3.63) is 69.1 Å². The Kier molecular flexibility index (Phi) is 4.93. The standard InChI is InChI=1S/C20H23N3O3/c1-12-5-4-6-14(7-12)10-23-11-15(18(24)22-17-8-13(17)2)9-16(20(23)26)19(25)21-3/h4-7,9,11,13,17H,8,10H2,1-3H3,(H,21,25)(H,22,24)/t13-,17-/m0/s1. The van der Waals surface area contributed by atoms with Gasteiger partial charge in [-0.1, -0.05) is 36.8 Å². The van der Waals surface area contributed by atoms with E-state index in [2.05, 4.69) is 17.6 Å². The molecule has 6 nitrogen and oxygen atoms in total. The van der Waals surface area contributed by atoms with E-state index in [1.54, 1.807) is 0 Å². The Hall–Kier alpha value is -2.89. The molecule has 2 N–H and O–H groups in total. The molecule has 1 saturated carbocycles. The summed E-state index contributed by atoms with van der Waals surface area (Å²) in [4.78, 5) is 37.3. The number of carbonyl (C=O) groups is 2. The number of rotatable bonds is 5. The molecule has 3 rings (SSSR count). The van der Waals surface area contributed by atoms with E-state index in [-0.39, 0.29) is 17.5 Å². The number of amides is 2. The van der Waals surface area contributed by atoms with Crippen LogP contribution in [0.25, 0.3) is 0 Å². The second-order valence-electron chi connectivity index (χ2n) is 6.94. The first-order chi connectivity index (χ1) is 12.4. The van der Waals surface area contributed by atoms with Gasteiger partial charge in [-0.25, -0.2) is 0 Å². The molecule has 6 heteroatoms. The largest absolute Gasteiger partial charge is 0.355 e. The van der Waals surface area contributed by atoms with Crippen molar-refractivity contribution in [3.8, 4) is 0 Å². The summed E-state index contributed by atoms with van der Waals surface area (Å²) in [5.74, 6) is -0.291. The van der Waals surface area contributed by atoms with Crippen molar-refractivity contribution in [2.45, 2.75) is 32.9 Å². The third-order valence-electron chi connectivity index (χ3n) is 4.68. The van der Waals surface area contributed by atoms with Gasteiger partial charge in [0.15, 0.2) is 0 Å². The van der Waals surface area contributed by atoms with Crippen molar-refractivity contribution >= 4 is 11.8 Å². The van der Waals surface area contributed by atoms with Crippen LogP contribution >= 0.6 is 0 Å². The van der Waals surface area contributed by atoms with Crippen LogP contribution in [-0.4, -0.2) is 29.5 Å². The molecule has 0 aliphatic heterocycles. The van der Waals surface area contributed by atoms with Crippen molar-refractivity contribution in [2.75, 3.05) is 7.05 Å². The molecule has 2 amide bonds. The second kappa shape index (κ2) is 7.15. The maximum absolute atomic E-state index is 12.7. The molecule has 1 aromatic heterocycles. The fourth-order valence-corrected chi connectivity index (χ4v) is 2.96. The van der Waals surface area contributed by atoms with Gasteiger partial charge in [-0.3, -0.25) is 14.4 Å². The number of nitrogens with one attached hydrogen (secondary N) is 2. The van der Waals surface area contributed by atoms with Crippen molar-refractivity contribution in [2.24, 2.45) is 5.92 Å². The van der Waals surface area contributed by atoms with Gasteiger partial charge in [0.2, 0.25) is 0 Å². The van der Waals surface area contributed by atoms with Crippen LogP contribution in [0, 0.1) is 12.8 Å². The first kappa shape index (κ1) is 17.9. The minimum atomic E-state index is -0.498. The third-order valence-corrected chi connectivity index (χ3v) is 4.68. The predicted octanol–water partition coefficient (Wildman–Crippen LogP) is 1.70. The summed E-state index contributed by atoms with van der Waals surface area (Å²) in [6, 6.07) is 9.32. The molecular formula is C20H23N3O3. The van der Waals surface area contributed by atoms with Gasteiger partial charge in [-0.05, 0) is 30.9 Å². The van der Waals surface area contributed by atoms with E-state index in [1.807, 2.05) is 31.2 Å². The number of pyridine rings is 1. The molecule has 2 aromatic rings. The first-order valence-corrected chi connectivity index (χ1v) is 8.72. The lowest BCUT2D eigenvalue weighted by Crippen LogP contribution is -2.34. The average molecular weight is 353 g/mol. The fourth-order valence-electron chi connectivity index (χ4n) is 2.96. The van der Waals surface area contributed by atoms with Crippen molar-refractivity contribution in [3.63, 3.8) is 0 Å². The van der Waals surface area contributed by atoms with Crippen LogP contribution < -0.4 is 16.2 Å². The van der Waals surface area contributed by atoms with Crippen LogP contribution in [0.15, 0.2) is 41.3 Å². The molecule has 0 saturated heterocycles. The Morgan fingerprint density at radius 1 is 1.23 bits per heavy atom. The summed E-state index contributed by atoms with van der Waals surface area (Å²) < 4.78 is 1.42. The quantitative estimate of drug-likeness (QED) is 0.859. The SMILES string of the molecule is CNC(=O)c1cc(C(=O)N[C@H]2C[C@@H]2C)cn(Cc2cccc(C)c2)c1=O. The Bertz CT molecular complexity index is 917. The Balaban J connectivity index is 1.98. The molecule has 2 atom stereocenters. The van der Waals surface area contributed by atoms with Crippen LogP contribution in [0.3, 0.4) is 0 Å². The molecular weight excluding hydrogens is 330 g/mol. The number of hydrogen-bond donors (Lipinski definition) is 2. The number of hydrogen-bond acceptors (Lipinski definition) is 3. The first-order valence-electron chi connectivity index (χ1n) is 8.72. The summed E-state index contributed by atoms with van der Waals surface area (Å²) in [5, 5.41) is 5.40. The second-order valence-corrected chi connectivity index (χ2v) is 6.94. The number of benzene rings is 1. The molecule has 0 unspecified atom stereocenters. The van der Waals surface area contributed by atoms with E-state index < -0.39 is 11.5 Å². The Labute approximate surface area is 152 Å². The van der Waals surface area contributed by atoms with Crippen molar-refractivity contribution in [1.29, 1.82) is 0 Å². The van der Waals surface area contributed by atoms with E-state index in [4.69, 9.17) is 0 Å². The highest BCUT2D eigenvalue weighted by atomic mass is 16.2. The van der Waals surface area contributed by atoms with Crippen LogP contribution in [0.1, 0.15) is 45.2 Å². The third kappa shape index (κ3) is 3.85. The minimum absolute atomic E-state index is 0.0309. The number of aryl methyl sites for hydroxylation is 1. The molecule has 26 heavy (non-hydrogen) atoms. The van der Waals surface area contributed by atoms with Gasteiger partial charge in [0.1, 0.15) is 5.56 Å². The van der Waals surface area contributed by atoms with Crippen LogP contribution in [0.5, 0.6) is 0 Å². The van der Waals surface area contributed by atoms with Crippen LogP contribution in [0.4, 0.5) is 0 Å².